The molecule has 2 heterocycles. The minimum absolute atomic E-state index is 0.0421. The van der Waals surface area contributed by atoms with Crippen molar-refractivity contribution in [1.29, 1.82) is 0 Å². The Kier molecular flexibility index (Phi) is 6.58. The van der Waals surface area contributed by atoms with Crippen molar-refractivity contribution in [3.63, 3.8) is 0 Å². The molecule has 4 aromatic rings. The number of halogens is 1. The Balaban J connectivity index is 1.40. The minimum Gasteiger partial charge on any atom is -0.494 e. The van der Waals surface area contributed by atoms with Crippen LogP contribution in [0.15, 0.2) is 67.3 Å². The first-order valence-electron chi connectivity index (χ1n) is 10.3. The second kappa shape index (κ2) is 9.90. The van der Waals surface area contributed by atoms with E-state index < -0.39 is 5.82 Å². The van der Waals surface area contributed by atoms with E-state index in [4.69, 9.17) is 4.74 Å². The quantitative estimate of drug-likeness (QED) is 0.429. The van der Waals surface area contributed by atoms with Crippen molar-refractivity contribution in [2.45, 2.75) is 12.8 Å². The zero-order valence-corrected chi connectivity index (χ0v) is 18.2. The Hall–Kier alpha value is -4.27. The molecule has 0 unspecified atom stereocenters. The summed E-state index contributed by atoms with van der Waals surface area (Å²) in [7, 11) is 2.90. The SMILES string of the molecule is CNC(=O)c1cc(CCc2cnc(Nc3ccc(-n4cccn4)cc3)nc2)c(F)c(OC)c1. The largest absolute Gasteiger partial charge is 0.494 e. The summed E-state index contributed by atoms with van der Waals surface area (Å²) in [6, 6.07) is 12.5. The molecule has 9 heteroatoms. The van der Waals surface area contributed by atoms with E-state index in [1.165, 1.54) is 20.2 Å². The maximum absolute atomic E-state index is 14.6. The van der Waals surface area contributed by atoms with Crippen molar-refractivity contribution in [2.75, 3.05) is 19.5 Å². The van der Waals surface area contributed by atoms with Gasteiger partial charge in [0.1, 0.15) is 0 Å². The summed E-state index contributed by atoms with van der Waals surface area (Å²) in [5.41, 5.74) is 3.39. The highest BCUT2D eigenvalue weighted by molar-refractivity contribution is 5.94. The van der Waals surface area contributed by atoms with Gasteiger partial charge < -0.3 is 15.4 Å². The summed E-state index contributed by atoms with van der Waals surface area (Å²) >= 11 is 0. The molecular weight excluding hydrogens is 423 g/mol. The Morgan fingerprint density at radius 2 is 1.88 bits per heavy atom. The van der Waals surface area contributed by atoms with Gasteiger partial charge in [0.05, 0.1) is 12.8 Å². The van der Waals surface area contributed by atoms with Crippen LogP contribution >= 0.6 is 0 Å². The molecule has 0 saturated carbocycles. The fourth-order valence-electron chi connectivity index (χ4n) is 3.34. The standard InChI is InChI=1S/C24H23FN6O2/c1-26-23(32)18-12-17(22(25)21(13-18)33-2)5-4-16-14-27-24(28-15-16)30-19-6-8-20(9-7-19)31-11-3-10-29-31/h3,6-15H,4-5H2,1-2H3,(H,26,32)(H,27,28,30). The smallest absolute Gasteiger partial charge is 0.251 e. The summed E-state index contributed by atoms with van der Waals surface area (Å²) < 4.78 is 21.5. The Bertz CT molecular complexity index is 1230. The molecule has 0 bridgehead atoms. The van der Waals surface area contributed by atoms with Gasteiger partial charge in [-0.15, -0.1) is 0 Å². The van der Waals surface area contributed by atoms with Gasteiger partial charge >= 0.3 is 0 Å². The molecule has 2 aromatic carbocycles. The number of rotatable bonds is 8. The first kappa shape index (κ1) is 21.9. The van der Waals surface area contributed by atoms with Crippen LogP contribution in [0.3, 0.4) is 0 Å². The van der Waals surface area contributed by atoms with Crippen molar-refractivity contribution in [3.05, 3.63) is 89.8 Å². The molecule has 0 spiro atoms. The van der Waals surface area contributed by atoms with E-state index in [1.54, 1.807) is 29.3 Å². The number of benzene rings is 2. The number of methoxy groups -OCH3 is 1. The maximum Gasteiger partial charge on any atom is 0.251 e. The van der Waals surface area contributed by atoms with Gasteiger partial charge in [0.15, 0.2) is 11.6 Å². The van der Waals surface area contributed by atoms with E-state index in [9.17, 15) is 9.18 Å². The van der Waals surface area contributed by atoms with Gasteiger partial charge in [0, 0.05) is 43.1 Å². The fourth-order valence-corrected chi connectivity index (χ4v) is 3.34. The van der Waals surface area contributed by atoms with E-state index >= 15 is 0 Å². The molecule has 2 N–H and O–H groups in total. The average molecular weight is 446 g/mol. The van der Waals surface area contributed by atoms with Gasteiger partial charge in [-0.2, -0.15) is 5.10 Å². The highest BCUT2D eigenvalue weighted by Gasteiger charge is 2.15. The second-order valence-corrected chi connectivity index (χ2v) is 7.27. The number of aromatic nitrogens is 4. The number of hydrogen-bond donors (Lipinski definition) is 2. The number of anilines is 2. The summed E-state index contributed by atoms with van der Waals surface area (Å²) in [6.45, 7) is 0. The third-order valence-corrected chi connectivity index (χ3v) is 5.10. The van der Waals surface area contributed by atoms with Crippen LogP contribution in [0.4, 0.5) is 16.0 Å². The van der Waals surface area contributed by atoms with Crippen LogP contribution in [0, 0.1) is 5.82 Å². The molecule has 0 fully saturated rings. The van der Waals surface area contributed by atoms with E-state index in [2.05, 4.69) is 25.7 Å². The number of amides is 1. The molecule has 168 valence electrons. The predicted molar refractivity (Wildman–Crippen MR) is 123 cm³/mol. The number of aryl methyl sites for hydroxylation is 2. The number of carbonyl (C=O) groups is 1. The first-order chi connectivity index (χ1) is 16.1. The number of nitrogens with zero attached hydrogens (tertiary/aromatic N) is 4. The molecular formula is C24H23FN6O2. The van der Waals surface area contributed by atoms with Crippen LogP contribution in [0.1, 0.15) is 21.5 Å². The van der Waals surface area contributed by atoms with E-state index in [-0.39, 0.29) is 11.7 Å². The van der Waals surface area contributed by atoms with E-state index in [0.717, 1.165) is 16.9 Å². The minimum atomic E-state index is -0.470. The number of hydrogen-bond acceptors (Lipinski definition) is 6. The van der Waals surface area contributed by atoms with Crippen molar-refractivity contribution in [1.82, 2.24) is 25.1 Å². The zero-order valence-electron chi connectivity index (χ0n) is 18.2. The molecule has 1 amide bonds. The summed E-state index contributed by atoms with van der Waals surface area (Å²) in [5, 5.41) is 9.90. The zero-order chi connectivity index (χ0) is 23.2. The van der Waals surface area contributed by atoms with Gasteiger partial charge in [0.2, 0.25) is 5.95 Å². The number of ether oxygens (including phenoxy) is 1. The maximum atomic E-state index is 14.6. The van der Waals surface area contributed by atoms with Gasteiger partial charge in [-0.1, -0.05) is 0 Å². The van der Waals surface area contributed by atoms with Crippen molar-refractivity contribution in [3.8, 4) is 11.4 Å². The molecule has 0 aliphatic rings. The Labute approximate surface area is 190 Å². The van der Waals surface area contributed by atoms with Gasteiger partial charge in [0.25, 0.3) is 5.91 Å². The molecule has 0 aliphatic heterocycles. The number of nitrogens with one attached hydrogen (secondary N) is 2. The molecule has 2 aromatic heterocycles. The highest BCUT2D eigenvalue weighted by Crippen LogP contribution is 2.24. The normalized spacial score (nSPS) is 10.6. The van der Waals surface area contributed by atoms with Gasteiger partial charge in [-0.25, -0.2) is 19.0 Å². The third-order valence-electron chi connectivity index (χ3n) is 5.10. The van der Waals surface area contributed by atoms with E-state index in [0.29, 0.717) is 29.9 Å². The van der Waals surface area contributed by atoms with Gasteiger partial charge in [-0.3, -0.25) is 4.79 Å². The molecule has 0 atom stereocenters. The van der Waals surface area contributed by atoms with E-state index in [1.807, 2.05) is 36.5 Å². The van der Waals surface area contributed by atoms with Crippen molar-refractivity contribution in [2.24, 2.45) is 0 Å². The molecule has 0 aliphatic carbocycles. The van der Waals surface area contributed by atoms with Crippen LogP contribution in [-0.2, 0) is 12.8 Å². The lowest BCUT2D eigenvalue weighted by Gasteiger charge is -2.11. The lowest BCUT2D eigenvalue weighted by molar-refractivity contribution is 0.0962. The van der Waals surface area contributed by atoms with Crippen LogP contribution in [0.5, 0.6) is 5.75 Å². The lowest BCUT2D eigenvalue weighted by Crippen LogP contribution is -2.18. The lowest BCUT2D eigenvalue weighted by atomic mass is 10.0. The molecule has 4 rings (SSSR count). The van der Waals surface area contributed by atoms with Crippen molar-refractivity contribution < 1.29 is 13.9 Å². The topological polar surface area (TPSA) is 94.0 Å². The van der Waals surface area contributed by atoms with Crippen LogP contribution < -0.4 is 15.4 Å². The average Bonchev–Trinajstić information content (AvgIpc) is 3.39. The third kappa shape index (κ3) is 5.15. The van der Waals surface area contributed by atoms with Crippen molar-refractivity contribution >= 4 is 17.5 Å². The Morgan fingerprint density at radius 1 is 1.12 bits per heavy atom. The van der Waals surface area contributed by atoms with Crippen LogP contribution in [0.25, 0.3) is 5.69 Å². The van der Waals surface area contributed by atoms with Gasteiger partial charge in [-0.05, 0) is 66.4 Å². The molecule has 0 radical (unpaired) electrons. The van der Waals surface area contributed by atoms with Crippen LogP contribution in [-0.4, -0.2) is 39.8 Å². The van der Waals surface area contributed by atoms with Crippen LogP contribution in [0.2, 0.25) is 0 Å². The second-order valence-electron chi connectivity index (χ2n) is 7.27. The fraction of sp³-hybridized carbons (Fsp3) is 0.167. The number of carbonyl (C=O) groups excluding carboxylic acids is 1. The monoisotopic (exact) mass is 446 g/mol. The Morgan fingerprint density at radius 3 is 2.52 bits per heavy atom. The highest BCUT2D eigenvalue weighted by atomic mass is 19.1. The molecule has 0 saturated heterocycles. The molecule has 33 heavy (non-hydrogen) atoms. The summed E-state index contributed by atoms with van der Waals surface area (Å²) in [6.07, 6.45) is 7.89. The summed E-state index contributed by atoms with van der Waals surface area (Å²) in [5.74, 6) is -0.269. The first-order valence-corrected chi connectivity index (χ1v) is 10.3. The summed E-state index contributed by atoms with van der Waals surface area (Å²) in [4.78, 5) is 20.7. The predicted octanol–water partition coefficient (Wildman–Crippen LogP) is 3.70. The molecule has 8 nitrogen and oxygen atoms in total.